The number of nitrogens with zero attached hydrogens (tertiary/aromatic N) is 8. The predicted molar refractivity (Wildman–Crippen MR) is 316 cm³/mol. The van der Waals surface area contributed by atoms with Gasteiger partial charge in [0.25, 0.3) is 5.91 Å². The molecule has 6 bridgehead atoms. The Morgan fingerprint density at radius 2 is 1.67 bits per heavy atom. The molecule has 1 aromatic carbocycles. The highest BCUT2D eigenvalue weighted by Crippen LogP contribution is 2.49. The van der Waals surface area contributed by atoms with Crippen molar-refractivity contribution in [3.63, 3.8) is 0 Å². The average Bonchev–Trinajstić information content (AvgIpc) is 2.83. The molecule has 2 aliphatic carbocycles. The molecule has 1 spiro atoms. The molecule has 6 aliphatic heterocycles. The normalized spacial score (nSPS) is 29.2. The lowest BCUT2D eigenvalue weighted by molar-refractivity contribution is -0.155. The summed E-state index contributed by atoms with van der Waals surface area (Å²) in [6.45, 7) is 12.2. The number of pyridine rings is 1. The summed E-state index contributed by atoms with van der Waals surface area (Å²) in [5.41, 5.74) is 7.58. The molecule has 17 nitrogen and oxygen atoms in total. The number of halogens is 1. The number of amides is 4. The van der Waals surface area contributed by atoms with Crippen LogP contribution in [0.15, 0.2) is 29.8 Å². The number of methoxy groups -OCH3 is 1. The molecular formula is C64H87FN10O7S. The van der Waals surface area contributed by atoms with E-state index in [1.54, 1.807) is 18.1 Å². The van der Waals surface area contributed by atoms with E-state index in [1.165, 1.54) is 21.9 Å². The van der Waals surface area contributed by atoms with Crippen molar-refractivity contribution in [2.75, 3.05) is 67.1 Å². The first kappa shape index (κ1) is 58.1. The van der Waals surface area contributed by atoms with E-state index in [2.05, 4.69) is 45.1 Å². The molecule has 7 fully saturated rings. The Morgan fingerprint density at radius 1 is 0.928 bits per heavy atom. The van der Waals surface area contributed by atoms with Gasteiger partial charge in [0.05, 0.1) is 45.7 Å². The minimum absolute atomic E-state index is 0.00754. The molecule has 12 rings (SSSR count). The zero-order valence-corrected chi connectivity index (χ0v) is 50.8. The highest BCUT2D eigenvalue weighted by molar-refractivity contribution is 7.10. The lowest BCUT2D eigenvalue weighted by atomic mass is 9.85. The summed E-state index contributed by atoms with van der Waals surface area (Å²) in [6.07, 6.45) is 15.5. The van der Waals surface area contributed by atoms with Gasteiger partial charge in [0.2, 0.25) is 17.7 Å². The standard InChI is InChI=1S/C64H87FN10O7S/c1-8-43-44-22-23-45-49-34-83-50(67-49)32-48(68-58(76)54(40-16-9-10-17-40)73-30-25-64(62(73)80)24-29-72(36-64)60(78)57-53(71(57)6)41-20-21-41)59(77)75-28-14-19-47(69-75)61(79)82-37-63(3,4)35-74(56(44)51(45)65)55(43)46-31-42(33-66-52(46)38(2)81-7)39-15-11-12-26-70(5)27-13-18-39/h22-23,31,33-34,38-41,47-48,53-54,57,69H,8-21,24-30,32,35-37H2,1-7H3,(H,68,76)/t38-,39?,47-,48-,53+,54-,57+,64-,71?/m0/s1. The number of hydrogen-bond acceptors (Lipinski definition) is 13. The summed E-state index contributed by atoms with van der Waals surface area (Å²) in [5.74, 6) is -0.955. The van der Waals surface area contributed by atoms with Crippen LogP contribution in [0.4, 0.5) is 4.39 Å². The van der Waals surface area contributed by atoms with Gasteiger partial charge in [-0.2, -0.15) is 0 Å². The second kappa shape index (κ2) is 23.5. The number of benzene rings is 1. The number of rotatable bonds is 11. The van der Waals surface area contributed by atoms with Crippen molar-refractivity contribution in [3.05, 3.63) is 57.4 Å². The number of cyclic esters (lactones) is 1. The molecule has 4 amide bonds. The Balaban J connectivity index is 0.890. The van der Waals surface area contributed by atoms with Crippen molar-refractivity contribution >= 4 is 51.8 Å². The van der Waals surface area contributed by atoms with Crippen molar-refractivity contribution in [3.8, 4) is 22.5 Å². The number of carbonyl (C=O) groups is 5. The van der Waals surface area contributed by atoms with Gasteiger partial charge in [-0.05, 0) is 159 Å². The molecular weight excluding hydrogens is 1070 g/mol. The quantitative estimate of drug-likeness (QED) is 0.109. The molecule has 2 unspecified atom stereocenters. The fraction of sp³-hybridized carbons (Fsp3) is 0.672. The molecule has 2 N–H and O–H groups in total. The van der Waals surface area contributed by atoms with Crippen molar-refractivity contribution in [1.29, 1.82) is 0 Å². The van der Waals surface area contributed by atoms with Gasteiger partial charge in [0, 0.05) is 85.8 Å². The number of hydrogen-bond donors (Lipinski definition) is 2. The van der Waals surface area contributed by atoms with Gasteiger partial charge in [-0.25, -0.2) is 14.8 Å². The SMILES string of the molecule is CCc1c(-c2cc(C3CCCCN(C)CCC3)cnc2[C@H](C)OC)n2c3c(F)c(ccc13)-c1csc(n1)C[C@H](NC(=O)[C@H](C1CCCC1)N1CC[C@]3(CCN(C(=O)[C@H]4[C@@H](C5CC5)N4C)C3)C1=O)C(=O)N1CCC[C@H](N1)C(=O)OCC(C)(C)C2. The zero-order valence-electron chi connectivity index (χ0n) is 50.0. The number of esters is 1. The number of fused-ring (bicyclic) bond motifs is 6. The summed E-state index contributed by atoms with van der Waals surface area (Å²) >= 11 is 1.30. The second-order valence-electron chi connectivity index (χ2n) is 26.8. The number of likely N-dealkylation sites (tertiary alicyclic amines) is 2. The van der Waals surface area contributed by atoms with Crippen LogP contribution in [0.25, 0.3) is 33.4 Å². The Kier molecular flexibility index (Phi) is 16.4. The first-order valence-corrected chi connectivity index (χ1v) is 32.2. The fourth-order valence-electron chi connectivity index (χ4n) is 15.4. The van der Waals surface area contributed by atoms with Gasteiger partial charge in [-0.15, -0.1) is 11.3 Å². The summed E-state index contributed by atoms with van der Waals surface area (Å²) < 4.78 is 32.7. The van der Waals surface area contributed by atoms with E-state index in [4.69, 9.17) is 19.4 Å². The lowest BCUT2D eigenvalue weighted by Gasteiger charge is -2.37. The van der Waals surface area contributed by atoms with Gasteiger partial charge in [0.15, 0.2) is 5.82 Å². The van der Waals surface area contributed by atoms with Gasteiger partial charge >= 0.3 is 5.97 Å². The van der Waals surface area contributed by atoms with Crippen LogP contribution in [0.3, 0.4) is 0 Å². The molecule has 9 heterocycles. The molecule has 2 saturated carbocycles. The number of hydrazine groups is 1. The van der Waals surface area contributed by atoms with E-state index >= 15 is 14.0 Å². The van der Waals surface area contributed by atoms with E-state index in [-0.39, 0.29) is 49.5 Å². The van der Waals surface area contributed by atoms with E-state index in [0.717, 1.165) is 112 Å². The third-order valence-corrected chi connectivity index (χ3v) is 21.2. The van der Waals surface area contributed by atoms with Crippen molar-refractivity contribution in [2.45, 2.75) is 186 Å². The predicted octanol–water partition coefficient (Wildman–Crippen LogP) is 8.42. The smallest absolute Gasteiger partial charge is 0.324 e. The monoisotopic (exact) mass is 1160 g/mol. The largest absolute Gasteiger partial charge is 0.464 e. The van der Waals surface area contributed by atoms with Crippen LogP contribution in [-0.4, -0.2) is 166 Å². The molecule has 0 radical (unpaired) electrons. The summed E-state index contributed by atoms with van der Waals surface area (Å²) in [6, 6.07) is 3.48. The number of carbonyl (C=O) groups excluding carboxylic acids is 5. The number of ether oxygens (including phenoxy) is 2. The molecule has 5 saturated heterocycles. The first-order valence-electron chi connectivity index (χ1n) is 31.3. The van der Waals surface area contributed by atoms with Crippen molar-refractivity contribution < 1.29 is 37.8 Å². The lowest BCUT2D eigenvalue weighted by Crippen LogP contribution is -2.62. The third-order valence-electron chi connectivity index (χ3n) is 20.4. The van der Waals surface area contributed by atoms with E-state index < -0.39 is 52.6 Å². The highest BCUT2D eigenvalue weighted by Gasteiger charge is 2.61. The highest BCUT2D eigenvalue weighted by atomic mass is 32.1. The minimum Gasteiger partial charge on any atom is -0.464 e. The zero-order chi connectivity index (χ0) is 58.1. The van der Waals surface area contributed by atoms with E-state index in [0.29, 0.717) is 97.9 Å². The van der Waals surface area contributed by atoms with Gasteiger partial charge in [0.1, 0.15) is 24.2 Å². The summed E-state index contributed by atoms with van der Waals surface area (Å²) in [5, 5.41) is 7.74. The molecule has 448 valence electrons. The van der Waals surface area contributed by atoms with Crippen LogP contribution in [0.5, 0.6) is 0 Å². The Morgan fingerprint density at radius 3 is 2.45 bits per heavy atom. The first-order chi connectivity index (χ1) is 40.0. The number of aryl methyl sites for hydroxylation is 1. The van der Waals surface area contributed by atoms with E-state index in [1.807, 2.05) is 50.4 Å². The van der Waals surface area contributed by atoms with Crippen molar-refractivity contribution in [2.24, 2.45) is 22.7 Å². The Bertz CT molecular complexity index is 3130. The van der Waals surface area contributed by atoms with Crippen LogP contribution in [0.1, 0.15) is 158 Å². The maximum atomic E-state index is 18.3. The van der Waals surface area contributed by atoms with Crippen LogP contribution in [0.2, 0.25) is 0 Å². The molecule has 19 heteroatoms. The second-order valence-corrected chi connectivity index (χ2v) is 27.7. The summed E-state index contributed by atoms with van der Waals surface area (Å²) in [4.78, 5) is 92.1. The van der Waals surface area contributed by atoms with Crippen LogP contribution >= 0.6 is 11.3 Å². The maximum Gasteiger partial charge on any atom is 0.324 e. The topological polar surface area (TPSA) is 175 Å². The molecule has 4 aromatic rings. The van der Waals surface area contributed by atoms with Gasteiger partial charge < -0.3 is 34.1 Å². The Hall–Kier alpha value is -5.34. The maximum absolute atomic E-state index is 18.3. The van der Waals surface area contributed by atoms with E-state index in [9.17, 15) is 14.4 Å². The molecule has 9 atom stereocenters. The molecule has 3 aromatic heterocycles. The van der Waals surface area contributed by atoms with Gasteiger partial charge in [-0.1, -0.05) is 46.1 Å². The minimum atomic E-state index is -1.15. The fourth-order valence-corrected chi connectivity index (χ4v) is 16.3. The number of nitrogens with one attached hydrogen (secondary N) is 2. The Labute approximate surface area is 492 Å². The molecule has 83 heavy (non-hydrogen) atoms. The number of aromatic nitrogens is 3. The average molecular weight is 1160 g/mol. The summed E-state index contributed by atoms with van der Waals surface area (Å²) in [7, 11) is 5.92. The van der Waals surface area contributed by atoms with Crippen LogP contribution < -0.4 is 10.7 Å². The van der Waals surface area contributed by atoms with Crippen LogP contribution in [-0.2, 0) is 52.8 Å². The number of thiazole rings is 1. The van der Waals surface area contributed by atoms with Crippen molar-refractivity contribution in [1.82, 2.24) is 49.9 Å². The van der Waals surface area contributed by atoms with Gasteiger partial charge in [-0.3, -0.25) is 38.9 Å². The third kappa shape index (κ3) is 11.3. The number of likely N-dealkylation sites (N-methyl/N-ethyl adjacent to an activating group) is 1. The molecule has 8 aliphatic rings. The van der Waals surface area contributed by atoms with Crippen LogP contribution in [0, 0.1) is 28.5 Å².